The molecule has 1 aromatic rings. The highest BCUT2D eigenvalue weighted by atomic mass is 32.2. The first kappa shape index (κ1) is 13.1. The second-order valence-corrected chi connectivity index (χ2v) is 5.98. The molecular formula is C11H16FNO2S. The maximum Gasteiger partial charge on any atom is 0.241 e. The summed E-state index contributed by atoms with van der Waals surface area (Å²) in [5.74, 6) is -0.450. The van der Waals surface area contributed by atoms with Gasteiger partial charge in [-0.2, -0.15) is 0 Å². The summed E-state index contributed by atoms with van der Waals surface area (Å²) >= 11 is 0. The molecule has 0 aliphatic heterocycles. The highest BCUT2D eigenvalue weighted by Crippen LogP contribution is 2.15. The largest absolute Gasteiger partial charge is 0.241 e. The summed E-state index contributed by atoms with van der Waals surface area (Å²) in [6.07, 6.45) is 0.674. The highest BCUT2D eigenvalue weighted by Gasteiger charge is 2.24. The first-order chi connectivity index (χ1) is 7.27. The fourth-order valence-electron chi connectivity index (χ4n) is 1.11. The first-order valence-corrected chi connectivity index (χ1v) is 6.55. The minimum absolute atomic E-state index is 0.0791. The van der Waals surface area contributed by atoms with E-state index in [0.29, 0.717) is 6.42 Å². The van der Waals surface area contributed by atoms with Crippen LogP contribution >= 0.6 is 0 Å². The van der Waals surface area contributed by atoms with E-state index in [4.69, 9.17) is 0 Å². The number of halogens is 1. The Kier molecular flexibility index (Phi) is 3.70. The van der Waals surface area contributed by atoms with Crippen LogP contribution in [0.15, 0.2) is 29.2 Å². The van der Waals surface area contributed by atoms with Gasteiger partial charge in [0.1, 0.15) is 5.82 Å². The maximum absolute atomic E-state index is 12.7. The molecular weight excluding hydrogens is 229 g/mol. The van der Waals surface area contributed by atoms with E-state index in [9.17, 15) is 12.8 Å². The molecule has 0 atom stereocenters. The van der Waals surface area contributed by atoms with Crippen LogP contribution in [0, 0.1) is 5.82 Å². The SMILES string of the molecule is CCC(C)(C)NS(=O)(=O)c1ccc(F)cc1. The van der Waals surface area contributed by atoms with Crippen LogP contribution in [0.2, 0.25) is 0 Å². The zero-order chi connectivity index (χ0) is 12.4. The van der Waals surface area contributed by atoms with Crippen LogP contribution in [-0.4, -0.2) is 14.0 Å². The Morgan fingerprint density at radius 1 is 1.25 bits per heavy atom. The Bertz CT molecular complexity index is 451. The summed E-state index contributed by atoms with van der Waals surface area (Å²) in [5.41, 5.74) is -0.507. The van der Waals surface area contributed by atoms with E-state index in [2.05, 4.69) is 4.72 Å². The molecule has 3 nitrogen and oxygen atoms in total. The lowest BCUT2D eigenvalue weighted by molar-refractivity contribution is 0.439. The van der Waals surface area contributed by atoms with Crippen molar-refractivity contribution in [1.82, 2.24) is 4.72 Å². The lowest BCUT2D eigenvalue weighted by Crippen LogP contribution is -2.42. The van der Waals surface area contributed by atoms with Crippen LogP contribution in [0.25, 0.3) is 0 Å². The Balaban J connectivity index is 2.99. The molecule has 0 fully saturated rings. The Labute approximate surface area is 95.7 Å². The molecule has 0 aliphatic rings. The Morgan fingerprint density at radius 2 is 1.75 bits per heavy atom. The molecule has 0 unspecified atom stereocenters. The third-order valence-corrected chi connectivity index (χ3v) is 4.13. The van der Waals surface area contributed by atoms with Gasteiger partial charge < -0.3 is 0 Å². The van der Waals surface area contributed by atoms with Crippen LogP contribution in [0.4, 0.5) is 4.39 Å². The molecule has 0 radical (unpaired) electrons. The molecule has 0 heterocycles. The summed E-state index contributed by atoms with van der Waals surface area (Å²) in [6, 6.07) is 4.77. The van der Waals surface area contributed by atoms with Gasteiger partial charge in [-0.05, 0) is 44.5 Å². The number of sulfonamides is 1. The van der Waals surface area contributed by atoms with Crippen molar-refractivity contribution in [3.8, 4) is 0 Å². The van der Waals surface area contributed by atoms with E-state index in [-0.39, 0.29) is 4.90 Å². The molecule has 1 N–H and O–H groups in total. The molecule has 0 saturated carbocycles. The summed E-state index contributed by atoms with van der Waals surface area (Å²) < 4.78 is 39.0. The first-order valence-electron chi connectivity index (χ1n) is 5.06. The van der Waals surface area contributed by atoms with Crippen LogP contribution in [-0.2, 0) is 10.0 Å². The third-order valence-electron chi connectivity index (χ3n) is 2.42. The van der Waals surface area contributed by atoms with Crippen molar-refractivity contribution in [3.05, 3.63) is 30.1 Å². The van der Waals surface area contributed by atoms with Gasteiger partial charge in [-0.1, -0.05) is 6.92 Å². The molecule has 5 heteroatoms. The van der Waals surface area contributed by atoms with Crippen molar-refractivity contribution in [2.24, 2.45) is 0 Å². The quantitative estimate of drug-likeness (QED) is 0.884. The van der Waals surface area contributed by atoms with E-state index >= 15 is 0 Å². The van der Waals surface area contributed by atoms with Gasteiger partial charge in [0.05, 0.1) is 4.90 Å². The number of hydrogen-bond donors (Lipinski definition) is 1. The molecule has 0 spiro atoms. The molecule has 0 aromatic heterocycles. The van der Waals surface area contributed by atoms with Gasteiger partial charge >= 0.3 is 0 Å². The summed E-state index contributed by atoms with van der Waals surface area (Å²) in [6.45, 7) is 5.50. The fourth-order valence-corrected chi connectivity index (χ4v) is 2.59. The fraction of sp³-hybridized carbons (Fsp3) is 0.455. The summed E-state index contributed by atoms with van der Waals surface area (Å²) in [4.78, 5) is 0.0791. The molecule has 1 aromatic carbocycles. The van der Waals surface area contributed by atoms with Crippen molar-refractivity contribution in [1.29, 1.82) is 0 Å². The number of hydrogen-bond acceptors (Lipinski definition) is 2. The highest BCUT2D eigenvalue weighted by molar-refractivity contribution is 7.89. The van der Waals surface area contributed by atoms with Gasteiger partial charge in [-0.25, -0.2) is 17.5 Å². The maximum atomic E-state index is 12.7. The average molecular weight is 245 g/mol. The minimum Gasteiger partial charge on any atom is -0.207 e. The number of rotatable bonds is 4. The van der Waals surface area contributed by atoms with E-state index < -0.39 is 21.4 Å². The Morgan fingerprint density at radius 3 is 2.19 bits per heavy atom. The Hall–Kier alpha value is -0.940. The van der Waals surface area contributed by atoms with Gasteiger partial charge in [0.25, 0.3) is 0 Å². The topological polar surface area (TPSA) is 46.2 Å². The summed E-state index contributed by atoms with van der Waals surface area (Å²) in [7, 11) is -3.56. The normalized spacial score (nSPS) is 12.8. The lowest BCUT2D eigenvalue weighted by atomic mass is 10.0. The molecule has 0 bridgehead atoms. The number of benzene rings is 1. The zero-order valence-electron chi connectivity index (χ0n) is 9.62. The van der Waals surface area contributed by atoms with Crippen molar-refractivity contribution in [2.45, 2.75) is 37.6 Å². The van der Waals surface area contributed by atoms with Crippen molar-refractivity contribution >= 4 is 10.0 Å². The second-order valence-electron chi connectivity index (χ2n) is 4.30. The van der Waals surface area contributed by atoms with Crippen LogP contribution in [0.1, 0.15) is 27.2 Å². The van der Waals surface area contributed by atoms with Crippen molar-refractivity contribution < 1.29 is 12.8 Å². The lowest BCUT2D eigenvalue weighted by Gasteiger charge is -2.24. The van der Waals surface area contributed by atoms with Crippen LogP contribution in [0.3, 0.4) is 0 Å². The average Bonchev–Trinajstić information content (AvgIpc) is 2.17. The minimum atomic E-state index is -3.56. The molecule has 0 amide bonds. The second kappa shape index (κ2) is 4.51. The predicted molar refractivity (Wildman–Crippen MR) is 61.1 cm³/mol. The van der Waals surface area contributed by atoms with Gasteiger partial charge in [-0.3, -0.25) is 0 Å². The van der Waals surface area contributed by atoms with Gasteiger partial charge in [-0.15, -0.1) is 0 Å². The van der Waals surface area contributed by atoms with Gasteiger partial charge in [0, 0.05) is 5.54 Å². The van der Waals surface area contributed by atoms with Crippen molar-refractivity contribution in [2.75, 3.05) is 0 Å². The standard InChI is InChI=1S/C11H16FNO2S/c1-4-11(2,3)13-16(14,15)10-7-5-9(12)6-8-10/h5-8,13H,4H2,1-3H3. The zero-order valence-corrected chi connectivity index (χ0v) is 10.4. The molecule has 1 rings (SSSR count). The van der Waals surface area contributed by atoms with Crippen LogP contribution < -0.4 is 4.72 Å². The van der Waals surface area contributed by atoms with Crippen molar-refractivity contribution in [3.63, 3.8) is 0 Å². The number of nitrogens with one attached hydrogen (secondary N) is 1. The summed E-state index contributed by atoms with van der Waals surface area (Å²) in [5, 5.41) is 0. The van der Waals surface area contributed by atoms with E-state index in [1.54, 1.807) is 13.8 Å². The van der Waals surface area contributed by atoms with Gasteiger partial charge in [0.15, 0.2) is 0 Å². The predicted octanol–water partition coefficient (Wildman–Crippen LogP) is 2.29. The molecule has 0 saturated heterocycles. The molecule has 16 heavy (non-hydrogen) atoms. The van der Waals surface area contributed by atoms with E-state index in [1.807, 2.05) is 6.92 Å². The molecule has 0 aliphatic carbocycles. The van der Waals surface area contributed by atoms with Gasteiger partial charge in [0.2, 0.25) is 10.0 Å². The third kappa shape index (κ3) is 3.28. The molecule has 90 valence electrons. The monoisotopic (exact) mass is 245 g/mol. The van der Waals surface area contributed by atoms with E-state index in [1.165, 1.54) is 12.1 Å². The van der Waals surface area contributed by atoms with E-state index in [0.717, 1.165) is 12.1 Å². The smallest absolute Gasteiger partial charge is 0.207 e. The van der Waals surface area contributed by atoms with Crippen LogP contribution in [0.5, 0.6) is 0 Å².